The Morgan fingerprint density at radius 3 is 2.68 bits per heavy atom. The molecule has 1 saturated heterocycles. The van der Waals surface area contributed by atoms with Gasteiger partial charge in [0.2, 0.25) is 0 Å². The number of nitrogens with zero attached hydrogens (tertiary/aromatic N) is 2. The largest absolute Gasteiger partial charge is 0.371 e. The molecule has 0 bridgehead atoms. The molecule has 100 valence electrons. The summed E-state index contributed by atoms with van der Waals surface area (Å²) in [4.78, 5) is 13.6. The van der Waals surface area contributed by atoms with E-state index in [9.17, 15) is 4.79 Å². The maximum absolute atomic E-state index is 11.1. The van der Waals surface area contributed by atoms with Crippen LogP contribution in [0, 0.1) is 5.92 Å². The zero-order valence-corrected chi connectivity index (χ0v) is 11.6. The second kappa shape index (κ2) is 4.72. The van der Waals surface area contributed by atoms with Gasteiger partial charge in [-0.05, 0) is 37.0 Å². The molecule has 0 atom stereocenters. The molecule has 0 amide bonds. The third-order valence-electron chi connectivity index (χ3n) is 4.28. The Hall–Kier alpha value is -1.77. The third kappa shape index (κ3) is 2.14. The molecule has 2 aromatic rings. The van der Waals surface area contributed by atoms with Crippen LogP contribution in [0.3, 0.4) is 0 Å². The van der Waals surface area contributed by atoms with Gasteiger partial charge in [-0.15, -0.1) is 0 Å². The van der Waals surface area contributed by atoms with Gasteiger partial charge in [-0.2, -0.15) is 0 Å². The minimum atomic E-state index is 0.782. The van der Waals surface area contributed by atoms with Gasteiger partial charge < -0.3 is 9.47 Å². The first-order valence-electron chi connectivity index (χ1n) is 6.98. The van der Waals surface area contributed by atoms with Crippen LogP contribution in [0.4, 0.5) is 5.69 Å². The molecule has 0 radical (unpaired) electrons. The van der Waals surface area contributed by atoms with E-state index in [0.717, 1.165) is 41.8 Å². The molecule has 2 heterocycles. The highest BCUT2D eigenvalue weighted by Gasteiger charge is 2.17. The molecule has 0 aliphatic carbocycles. The van der Waals surface area contributed by atoms with Crippen molar-refractivity contribution >= 4 is 22.9 Å². The average molecular weight is 256 g/mol. The molecule has 0 spiro atoms. The summed E-state index contributed by atoms with van der Waals surface area (Å²) < 4.78 is 2.02. The molecule has 19 heavy (non-hydrogen) atoms. The van der Waals surface area contributed by atoms with Gasteiger partial charge in [-0.25, -0.2) is 0 Å². The second-order valence-electron chi connectivity index (χ2n) is 5.68. The number of aryl methyl sites for hydroxylation is 1. The summed E-state index contributed by atoms with van der Waals surface area (Å²) in [6.45, 7) is 4.56. The Kier molecular flexibility index (Phi) is 3.05. The lowest BCUT2D eigenvalue weighted by Crippen LogP contribution is -2.32. The topological polar surface area (TPSA) is 25.2 Å². The summed E-state index contributed by atoms with van der Waals surface area (Å²) in [5.74, 6) is 0.835. The van der Waals surface area contributed by atoms with E-state index in [2.05, 4.69) is 30.0 Å². The van der Waals surface area contributed by atoms with Gasteiger partial charge >= 0.3 is 0 Å². The Bertz CT molecular complexity index is 606. The summed E-state index contributed by atoms with van der Waals surface area (Å²) in [6.07, 6.45) is 5.37. The Morgan fingerprint density at radius 2 is 2.00 bits per heavy atom. The number of aldehydes is 1. The van der Waals surface area contributed by atoms with Crippen molar-refractivity contribution < 1.29 is 4.79 Å². The van der Waals surface area contributed by atoms with Crippen LogP contribution in [0.2, 0.25) is 0 Å². The number of benzene rings is 1. The van der Waals surface area contributed by atoms with Crippen molar-refractivity contribution in [2.45, 2.75) is 19.8 Å². The first-order chi connectivity index (χ1) is 9.19. The quantitative estimate of drug-likeness (QED) is 0.771. The van der Waals surface area contributed by atoms with Crippen molar-refractivity contribution in [1.82, 2.24) is 4.57 Å². The second-order valence-corrected chi connectivity index (χ2v) is 5.68. The smallest absolute Gasteiger partial charge is 0.152 e. The van der Waals surface area contributed by atoms with Gasteiger partial charge in [0.05, 0.1) is 0 Å². The molecule has 0 saturated carbocycles. The number of fused-ring (bicyclic) bond motifs is 1. The number of carbonyl (C=O) groups excluding carboxylic acids is 1. The Balaban J connectivity index is 1.99. The molecule has 3 heteroatoms. The van der Waals surface area contributed by atoms with Crippen LogP contribution in [0.25, 0.3) is 10.9 Å². The van der Waals surface area contributed by atoms with Crippen LogP contribution >= 0.6 is 0 Å². The van der Waals surface area contributed by atoms with Gasteiger partial charge in [0.1, 0.15) is 0 Å². The number of aromatic nitrogens is 1. The minimum Gasteiger partial charge on any atom is -0.371 e. The van der Waals surface area contributed by atoms with Crippen LogP contribution in [0.5, 0.6) is 0 Å². The molecule has 1 aliphatic rings. The zero-order valence-electron chi connectivity index (χ0n) is 11.6. The lowest BCUT2D eigenvalue weighted by atomic mass is 9.98. The van der Waals surface area contributed by atoms with Crippen molar-refractivity contribution in [2.24, 2.45) is 13.0 Å². The highest BCUT2D eigenvalue weighted by molar-refractivity contribution is 5.99. The summed E-state index contributed by atoms with van der Waals surface area (Å²) in [5, 5.41) is 1.06. The number of piperidine rings is 1. The zero-order chi connectivity index (χ0) is 13.4. The van der Waals surface area contributed by atoms with Crippen LogP contribution in [-0.2, 0) is 7.05 Å². The predicted octanol–water partition coefficient (Wildman–Crippen LogP) is 3.23. The standard InChI is InChI=1S/C16H20N2O/c1-12-5-7-18(8-6-12)14-3-4-16-15(9-14)13(11-19)10-17(16)2/h3-4,9-12H,5-8H2,1-2H3. The number of rotatable bonds is 2. The average Bonchev–Trinajstić information content (AvgIpc) is 2.76. The number of anilines is 1. The number of hydrogen-bond donors (Lipinski definition) is 0. The monoisotopic (exact) mass is 256 g/mol. The van der Waals surface area contributed by atoms with E-state index in [1.54, 1.807) is 0 Å². The molecule has 3 rings (SSSR count). The Labute approximate surface area is 113 Å². The molecule has 0 unspecified atom stereocenters. The van der Waals surface area contributed by atoms with E-state index in [1.807, 2.05) is 17.8 Å². The van der Waals surface area contributed by atoms with Gasteiger partial charge in [0.15, 0.2) is 6.29 Å². The predicted molar refractivity (Wildman–Crippen MR) is 78.9 cm³/mol. The summed E-state index contributed by atoms with van der Waals surface area (Å²) in [5.41, 5.74) is 3.15. The molecule has 1 aromatic carbocycles. The van der Waals surface area contributed by atoms with E-state index < -0.39 is 0 Å². The van der Waals surface area contributed by atoms with Crippen LogP contribution in [-0.4, -0.2) is 23.9 Å². The minimum absolute atomic E-state index is 0.782. The third-order valence-corrected chi connectivity index (χ3v) is 4.28. The maximum Gasteiger partial charge on any atom is 0.152 e. The van der Waals surface area contributed by atoms with Crippen molar-refractivity contribution in [3.8, 4) is 0 Å². The molecule has 0 N–H and O–H groups in total. The van der Waals surface area contributed by atoms with Gasteiger partial charge in [0.25, 0.3) is 0 Å². The summed E-state index contributed by atoms with van der Waals surface area (Å²) in [6, 6.07) is 6.46. The highest BCUT2D eigenvalue weighted by atomic mass is 16.1. The van der Waals surface area contributed by atoms with Gasteiger partial charge in [-0.1, -0.05) is 6.92 Å². The first kappa shape index (κ1) is 12.3. The fraction of sp³-hybridized carbons (Fsp3) is 0.438. The molecule has 1 aliphatic heterocycles. The molecule has 1 aromatic heterocycles. The first-order valence-corrected chi connectivity index (χ1v) is 6.98. The van der Waals surface area contributed by atoms with Gasteiger partial charge in [0, 0.05) is 48.5 Å². The molecule has 1 fully saturated rings. The van der Waals surface area contributed by atoms with Crippen LogP contribution in [0.15, 0.2) is 24.4 Å². The van der Waals surface area contributed by atoms with Crippen molar-refractivity contribution in [3.05, 3.63) is 30.0 Å². The van der Waals surface area contributed by atoms with E-state index >= 15 is 0 Å². The van der Waals surface area contributed by atoms with E-state index in [-0.39, 0.29) is 0 Å². The Morgan fingerprint density at radius 1 is 1.26 bits per heavy atom. The lowest BCUT2D eigenvalue weighted by Gasteiger charge is -2.32. The fourth-order valence-corrected chi connectivity index (χ4v) is 2.97. The molecular formula is C16H20N2O. The number of carbonyl (C=O) groups is 1. The SMILES string of the molecule is CC1CCN(c2ccc3c(c2)c(C=O)cn3C)CC1. The fourth-order valence-electron chi connectivity index (χ4n) is 2.97. The maximum atomic E-state index is 11.1. The normalized spacial score (nSPS) is 17.1. The van der Waals surface area contributed by atoms with E-state index in [0.29, 0.717) is 0 Å². The summed E-state index contributed by atoms with van der Waals surface area (Å²) >= 11 is 0. The van der Waals surface area contributed by atoms with Crippen LogP contribution in [0.1, 0.15) is 30.1 Å². The number of hydrogen-bond acceptors (Lipinski definition) is 2. The van der Waals surface area contributed by atoms with E-state index in [1.165, 1.54) is 18.5 Å². The van der Waals surface area contributed by atoms with Crippen molar-refractivity contribution in [1.29, 1.82) is 0 Å². The van der Waals surface area contributed by atoms with Crippen molar-refractivity contribution in [3.63, 3.8) is 0 Å². The highest BCUT2D eigenvalue weighted by Crippen LogP contribution is 2.28. The lowest BCUT2D eigenvalue weighted by molar-refractivity contribution is 0.112. The van der Waals surface area contributed by atoms with Crippen molar-refractivity contribution in [2.75, 3.05) is 18.0 Å². The van der Waals surface area contributed by atoms with Gasteiger partial charge in [-0.3, -0.25) is 4.79 Å². The summed E-state index contributed by atoms with van der Waals surface area (Å²) in [7, 11) is 1.98. The molecular weight excluding hydrogens is 236 g/mol. The van der Waals surface area contributed by atoms with Crippen LogP contribution < -0.4 is 4.90 Å². The molecule has 3 nitrogen and oxygen atoms in total. The van der Waals surface area contributed by atoms with E-state index in [4.69, 9.17) is 0 Å².